The van der Waals surface area contributed by atoms with Crippen molar-refractivity contribution in [2.45, 2.75) is 26.4 Å². The van der Waals surface area contributed by atoms with E-state index in [0.29, 0.717) is 12.2 Å². The Bertz CT molecular complexity index is 819. The summed E-state index contributed by atoms with van der Waals surface area (Å²) in [6.07, 6.45) is 4.94. The van der Waals surface area contributed by atoms with Gasteiger partial charge in [-0.15, -0.1) is 0 Å². The number of hydrogen-bond donors (Lipinski definition) is 1. The van der Waals surface area contributed by atoms with E-state index in [2.05, 4.69) is 56.3 Å². The molecule has 2 aromatic heterocycles. The second-order valence-corrected chi connectivity index (χ2v) is 6.42. The SMILES string of the molecule is CCn1cc(Br)cc1C(=O)NCCCn1ccc2ccccc21. The summed E-state index contributed by atoms with van der Waals surface area (Å²) in [4.78, 5) is 12.3. The molecular weight excluding hydrogens is 354 g/mol. The number of benzene rings is 1. The highest BCUT2D eigenvalue weighted by Gasteiger charge is 2.11. The lowest BCUT2D eigenvalue weighted by atomic mass is 10.2. The molecule has 0 aliphatic rings. The lowest BCUT2D eigenvalue weighted by Crippen LogP contribution is -2.27. The Hall–Kier alpha value is -2.01. The lowest BCUT2D eigenvalue weighted by Gasteiger charge is -2.09. The minimum Gasteiger partial charge on any atom is -0.351 e. The van der Waals surface area contributed by atoms with E-state index < -0.39 is 0 Å². The molecule has 0 unspecified atom stereocenters. The quantitative estimate of drug-likeness (QED) is 0.650. The van der Waals surface area contributed by atoms with Crippen LogP contribution in [0.15, 0.2) is 53.3 Å². The van der Waals surface area contributed by atoms with Gasteiger partial charge in [-0.3, -0.25) is 4.79 Å². The molecule has 2 heterocycles. The first-order chi connectivity index (χ1) is 11.2. The summed E-state index contributed by atoms with van der Waals surface area (Å²) in [5.74, 6) is -0.0186. The molecule has 0 aliphatic carbocycles. The minimum atomic E-state index is -0.0186. The second-order valence-electron chi connectivity index (χ2n) is 5.51. The molecule has 0 saturated heterocycles. The van der Waals surface area contributed by atoms with Crippen LogP contribution < -0.4 is 5.32 Å². The van der Waals surface area contributed by atoms with E-state index in [1.807, 2.05) is 29.8 Å². The molecule has 120 valence electrons. The molecule has 0 radical (unpaired) electrons. The van der Waals surface area contributed by atoms with Gasteiger partial charge in [-0.25, -0.2) is 0 Å². The minimum absolute atomic E-state index is 0.0186. The van der Waals surface area contributed by atoms with Crippen LogP contribution in [0, 0.1) is 0 Å². The van der Waals surface area contributed by atoms with Crippen LogP contribution in [-0.2, 0) is 13.1 Å². The van der Waals surface area contributed by atoms with Crippen LogP contribution in [0.1, 0.15) is 23.8 Å². The largest absolute Gasteiger partial charge is 0.351 e. The highest BCUT2D eigenvalue weighted by Crippen LogP contribution is 2.16. The molecule has 4 nitrogen and oxygen atoms in total. The number of nitrogens with one attached hydrogen (secondary N) is 1. The number of carbonyl (C=O) groups is 1. The molecule has 0 fully saturated rings. The second kappa shape index (κ2) is 7.04. The Morgan fingerprint density at radius 2 is 2.04 bits per heavy atom. The highest BCUT2D eigenvalue weighted by atomic mass is 79.9. The summed E-state index contributed by atoms with van der Waals surface area (Å²) in [6, 6.07) is 12.3. The van der Waals surface area contributed by atoms with Crippen LogP contribution in [-0.4, -0.2) is 21.6 Å². The van der Waals surface area contributed by atoms with Crippen molar-refractivity contribution in [3.63, 3.8) is 0 Å². The zero-order valence-electron chi connectivity index (χ0n) is 13.1. The Balaban J connectivity index is 1.54. The topological polar surface area (TPSA) is 39.0 Å². The molecule has 0 bridgehead atoms. The molecule has 1 N–H and O–H groups in total. The molecule has 1 amide bonds. The number of carbonyl (C=O) groups excluding carboxylic acids is 1. The van der Waals surface area contributed by atoms with Crippen LogP contribution in [0.3, 0.4) is 0 Å². The van der Waals surface area contributed by atoms with Crippen molar-refractivity contribution in [1.29, 1.82) is 0 Å². The molecule has 5 heteroatoms. The van der Waals surface area contributed by atoms with Crippen molar-refractivity contribution in [1.82, 2.24) is 14.5 Å². The predicted octanol–water partition coefficient (Wildman–Crippen LogP) is 4.05. The van der Waals surface area contributed by atoms with E-state index in [1.165, 1.54) is 10.9 Å². The van der Waals surface area contributed by atoms with Gasteiger partial charge in [-0.05, 0) is 52.9 Å². The van der Waals surface area contributed by atoms with Gasteiger partial charge in [0, 0.05) is 42.0 Å². The fourth-order valence-electron chi connectivity index (χ4n) is 2.80. The van der Waals surface area contributed by atoms with Crippen molar-refractivity contribution in [3.8, 4) is 0 Å². The van der Waals surface area contributed by atoms with Crippen molar-refractivity contribution in [3.05, 3.63) is 59.0 Å². The summed E-state index contributed by atoms with van der Waals surface area (Å²) < 4.78 is 5.11. The van der Waals surface area contributed by atoms with Gasteiger partial charge in [-0.1, -0.05) is 18.2 Å². The van der Waals surface area contributed by atoms with Gasteiger partial charge in [0.15, 0.2) is 0 Å². The highest BCUT2D eigenvalue weighted by molar-refractivity contribution is 9.10. The van der Waals surface area contributed by atoms with Crippen LogP contribution in [0.5, 0.6) is 0 Å². The van der Waals surface area contributed by atoms with Crippen LogP contribution >= 0.6 is 15.9 Å². The summed E-state index contributed by atoms with van der Waals surface area (Å²) in [5.41, 5.74) is 1.94. The Morgan fingerprint density at radius 3 is 2.87 bits per heavy atom. The van der Waals surface area contributed by atoms with E-state index in [0.717, 1.165) is 24.0 Å². The van der Waals surface area contributed by atoms with Gasteiger partial charge in [0.25, 0.3) is 5.91 Å². The average molecular weight is 374 g/mol. The van der Waals surface area contributed by atoms with E-state index in [4.69, 9.17) is 0 Å². The van der Waals surface area contributed by atoms with Crippen LogP contribution in [0.25, 0.3) is 10.9 Å². The van der Waals surface area contributed by atoms with E-state index in [-0.39, 0.29) is 5.91 Å². The van der Waals surface area contributed by atoms with Crippen molar-refractivity contribution < 1.29 is 4.79 Å². The maximum Gasteiger partial charge on any atom is 0.267 e. The van der Waals surface area contributed by atoms with Gasteiger partial charge in [-0.2, -0.15) is 0 Å². The molecule has 0 atom stereocenters. The van der Waals surface area contributed by atoms with E-state index in [1.54, 1.807) is 0 Å². The third-order valence-corrected chi connectivity index (χ3v) is 4.41. The fourth-order valence-corrected chi connectivity index (χ4v) is 3.27. The molecule has 0 aliphatic heterocycles. The zero-order valence-corrected chi connectivity index (χ0v) is 14.7. The molecule has 3 aromatic rings. The fraction of sp³-hybridized carbons (Fsp3) is 0.278. The normalized spacial score (nSPS) is 11.0. The van der Waals surface area contributed by atoms with Gasteiger partial charge in [0.1, 0.15) is 5.69 Å². The molecule has 0 saturated carbocycles. The summed E-state index contributed by atoms with van der Waals surface area (Å²) in [6.45, 7) is 4.37. The van der Waals surface area contributed by atoms with E-state index >= 15 is 0 Å². The summed E-state index contributed by atoms with van der Waals surface area (Å²) in [5, 5.41) is 4.26. The Labute approximate surface area is 144 Å². The van der Waals surface area contributed by atoms with Crippen LogP contribution in [0.2, 0.25) is 0 Å². The lowest BCUT2D eigenvalue weighted by molar-refractivity contribution is 0.0943. The maximum absolute atomic E-state index is 12.3. The zero-order chi connectivity index (χ0) is 16.2. The number of nitrogens with zero attached hydrogens (tertiary/aromatic N) is 2. The number of fused-ring (bicyclic) bond motifs is 1. The molecule has 1 aromatic carbocycles. The van der Waals surface area contributed by atoms with Gasteiger partial charge >= 0.3 is 0 Å². The molecule has 23 heavy (non-hydrogen) atoms. The average Bonchev–Trinajstić information content (AvgIpc) is 3.15. The first-order valence-corrected chi connectivity index (χ1v) is 8.66. The molecule has 3 rings (SSSR count). The van der Waals surface area contributed by atoms with Crippen molar-refractivity contribution >= 4 is 32.7 Å². The van der Waals surface area contributed by atoms with Gasteiger partial charge < -0.3 is 14.5 Å². The number of rotatable bonds is 6. The van der Waals surface area contributed by atoms with Crippen molar-refractivity contribution in [2.75, 3.05) is 6.54 Å². The number of halogens is 1. The third-order valence-electron chi connectivity index (χ3n) is 3.98. The molecular formula is C18H20BrN3O. The Morgan fingerprint density at radius 1 is 1.22 bits per heavy atom. The Kier molecular flexibility index (Phi) is 4.86. The number of aromatic nitrogens is 2. The number of para-hydroxylation sites is 1. The predicted molar refractivity (Wildman–Crippen MR) is 96.7 cm³/mol. The first-order valence-electron chi connectivity index (χ1n) is 7.87. The van der Waals surface area contributed by atoms with E-state index in [9.17, 15) is 4.79 Å². The first kappa shape index (κ1) is 15.9. The summed E-state index contributed by atoms with van der Waals surface area (Å²) in [7, 11) is 0. The number of amides is 1. The number of aryl methyl sites for hydroxylation is 2. The standard InChI is InChI=1S/C18H20BrN3O/c1-2-21-13-15(19)12-17(21)18(23)20-9-5-10-22-11-8-14-6-3-4-7-16(14)22/h3-4,6-8,11-13H,2,5,9-10H2,1H3,(H,20,23). The van der Waals surface area contributed by atoms with Gasteiger partial charge in [0.05, 0.1) is 0 Å². The number of hydrogen-bond acceptors (Lipinski definition) is 1. The maximum atomic E-state index is 12.3. The monoisotopic (exact) mass is 373 g/mol. The summed E-state index contributed by atoms with van der Waals surface area (Å²) >= 11 is 3.42. The molecule has 0 spiro atoms. The smallest absolute Gasteiger partial charge is 0.267 e. The van der Waals surface area contributed by atoms with Crippen molar-refractivity contribution in [2.24, 2.45) is 0 Å². The van der Waals surface area contributed by atoms with Crippen LogP contribution in [0.4, 0.5) is 0 Å². The van der Waals surface area contributed by atoms with Gasteiger partial charge in [0.2, 0.25) is 0 Å². The third kappa shape index (κ3) is 3.50.